The van der Waals surface area contributed by atoms with E-state index in [1.54, 1.807) is 0 Å². The number of halogens is 1. The van der Waals surface area contributed by atoms with E-state index in [1.807, 2.05) is 18.2 Å². The predicted molar refractivity (Wildman–Crippen MR) is 64.1 cm³/mol. The Hall–Kier alpha value is -0.830. The van der Waals surface area contributed by atoms with E-state index in [4.69, 9.17) is 0 Å². The molecule has 0 spiro atoms. The Labute approximate surface area is 98.2 Å². The van der Waals surface area contributed by atoms with Gasteiger partial charge in [-0.1, -0.05) is 46.3 Å². The van der Waals surface area contributed by atoms with Gasteiger partial charge in [-0.25, -0.2) is 0 Å². The van der Waals surface area contributed by atoms with Crippen molar-refractivity contribution >= 4 is 21.8 Å². The molecule has 0 radical (unpaired) electrons. The molecule has 0 aromatic heterocycles. The van der Waals surface area contributed by atoms with E-state index in [-0.39, 0.29) is 11.8 Å². The number of carbonyl (C=O) groups is 1. The standard InChI is InChI=1S/C12H14BrNO/c13-6-7-14-12(15)11-8-10(11)9-4-2-1-3-5-9/h1-5,10-11H,6-8H2,(H,14,15). The molecule has 1 N–H and O–H groups in total. The molecule has 1 amide bonds. The normalized spacial score (nSPS) is 23.5. The summed E-state index contributed by atoms with van der Waals surface area (Å²) in [6, 6.07) is 10.3. The first-order valence-corrected chi connectivity index (χ1v) is 6.33. The summed E-state index contributed by atoms with van der Waals surface area (Å²) < 4.78 is 0. The van der Waals surface area contributed by atoms with Gasteiger partial charge in [0.15, 0.2) is 0 Å². The summed E-state index contributed by atoms with van der Waals surface area (Å²) in [7, 11) is 0. The van der Waals surface area contributed by atoms with Crippen molar-refractivity contribution in [3.63, 3.8) is 0 Å². The van der Waals surface area contributed by atoms with Crippen LogP contribution in [-0.2, 0) is 4.79 Å². The molecule has 0 aliphatic heterocycles. The van der Waals surface area contributed by atoms with Crippen LogP contribution in [0.5, 0.6) is 0 Å². The van der Waals surface area contributed by atoms with Gasteiger partial charge in [0.05, 0.1) is 0 Å². The Bertz CT molecular complexity index is 339. The fraction of sp³-hybridized carbons (Fsp3) is 0.417. The molecule has 2 atom stereocenters. The van der Waals surface area contributed by atoms with Crippen LogP contribution in [-0.4, -0.2) is 17.8 Å². The third kappa shape index (κ3) is 2.59. The number of carbonyl (C=O) groups excluding carboxylic acids is 1. The molecule has 0 saturated heterocycles. The lowest BCUT2D eigenvalue weighted by molar-refractivity contribution is -0.122. The molecule has 0 bridgehead atoms. The van der Waals surface area contributed by atoms with Crippen LogP contribution in [0.3, 0.4) is 0 Å². The van der Waals surface area contributed by atoms with Gasteiger partial charge in [0.25, 0.3) is 0 Å². The van der Waals surface area contributed by atoms with Gasteiger partial charge in [-0.3, -0.25) is 4.79 Å². The largest absolute Gasteiger partial charge is 0.355 e. The van der Waals surface area contributed by atoms with Gasteiger partial charge >= 0.3 is 0 Å². The fourth-order valence-electron chi connectivity index (χ4n) is 1.85. The van der Waals surface area contributed by atoms with E-state index in [0.29, 0.717) is 5.92 Å². The van der Waals surface area contributed by atoms with Crippen molar-refractivity contribution < 1.29 is 4.79 Å². The zero-order chi connectivity index (χ0) is 10.7. The van der Waals surface area contributed by atoms with Crippen molar-refractivity contribution in [3.05, 3.63) is 35.9 Å². The molecule has 80 valence electrons. The molecule has 1 saturated carbocycles. The van der Waals surface area contributed by atoms with Gasteiger partial charge in [0, 0.05) is 17.8 Å². The van der Waals surface area contributed by atoms with Crippen molar-refractivity contribution in [2.75, 3.05) is 11.9 Å². The third-order valence-corrected chi connectivity index (χ3v) is 3.15. The van der Waals surface area contributed by atoms with Gasteiger partial charge < -0.3 is 5.32 Å². The van der Waals surface area contributed by atoms with Crippen LogP contribution in [0.4, 0.5) is 0 Å². The fourth-order valence-corrected chi connectivity index (χ4v) is 2.05. The first-order chi connectivity index (χ1) is 7.33. The summed E-state index contributed by atoms with van der Waals surface area (Å²) >= 11 is 3.29. The summed E-state index contributed by atoms with van der Waals surface area (Å²) in [5.41, 5.74) is 1.29. The first-order valence-electron chi connectivity index (χ1n) is 5.21. The van der Waals surface area contributed by atoms with Gasteiger partial charge in [-0.2, -0.15) is 0 Å². The second kappa shape index (κ2) is 4.79. The van der Waals surface area contributed by atoms with Crippen LogP contribution < -0.4 is 5.32 Å². The third-order valence-electron chi connectivity index (χ3n) is 2.75. The molecule has 2 nitrogen and oxygen atoms in total. The van der Waals surface area contributed by atoms with E-state index in [2.05, 4.69) is 33.4 Å². The quantitative estimate of drug-likeness (QED) is 0.834. The second-order valence-corrected chi connectivity index (χ2v) is 4.63. The lowest BCUT2D eigenvalue weighted by atomic mass is 10.1. The molecule has 1 fully saturated rings. The summed E-state index contributed by atoms with van der Waals surface area (Å²) in [5.74, 6) is 0.844. The van der Waals surface area contributed by atoms with Crippen LogP contribution in [0.1, 0.15) is 17.9 Å². The van der Waals surface area contributed by atoms with Crippen molar-refractivity contribution in [2.24, 2.45) is 5.92 Å². The van der Waals surface area contributed by atoms with Crippen LogP contribution in [0, 0.1) is 5.92 Å². The molecule has 3 heteroatoms. The Kier molecular flexibility index (Phi) is 3.41. The zero-order valence-electron chi connectivity index (χ0n) is 8.45. The zero-order valence-corrected chi connectivity index (χ0v) is 10.0. The highest BCUT2D eigenvalue weighted by atomic mass is 79.9. The van der Waals surface area contributed by atoms with Crippen molar-refractivity contribution in [1.29, 1.82) is 0 Å². The number of benzene rings is 1. The highest BCUT2D eigenvalue weighted by molar-refractivity contribution is 9.09. The smallest absolute Gasteiger partial charge is 0.223 e. The maximum atomic E-state index is 11.6. The number of hydrogen-bond donors (Lipinski definition) is 1. The molecule has 2 rings (SSSR count). The van der Waals surface area contributed by atoms with E-state index >= 15 is 0 Å². The van der Waals surface area contributed by atoms with E-state index in [0.717, 1.165) is 18.3 Å². The Morgan fingerprint density at radius 1 is 1.40 bits per heavy atom. The van der Waals surface area contributed by atoms with Crippen molar-refractivity contribution in [3.8, 4) is 0 Å². The van der Waals surface area contributed by atoms with Crippen LogP contribution >= 0.6 is 15.9 Å². The van der Waals surface area contributed by atoms with E-state index in [9.17, 15) is 4.79 Å². The van der Waals surface area contributed by atoms with E-state index in [1.165, 1.54) is 5.56 Å². The molecule has 2 unspecified atom stereocenters. The Morgan fingerprint density at radius 2 is 2.13 bits per heavy atom. The average molecular weight is 268 g/mol. The monoisotopic (exact) mass is 267 g/mol. The lowest BCUT2D eigenvalue weighted by Gasteiger charge is -2.02. The van der Waals surface area contributed by atoms with Gasteiger partial charge in [-0.15, -0.1) is 0 Å². The van der Waals surface area contributed by atoms with Crippen LogP contribution in [0.15, 0.2) is 30.3 Å². The molecule has 15 heavy (non-hydrogen) atoms. The molecule has 1 aliphatic carbocycles. The summed E-state index contributed by atoms with van der Waals surface area (Å²) in [6.45, 7) is 0.719. The topological polar surface area (TPSA) is 29.1 Å². The average Bonchev–Trinajstić information content (AvgIpc) is 3.07. The number of alkyl halides is 1. The van der Waals surface area contributed by atoms with E-state index < -0.39 is 0 Å². The second-order valence-electron chi connectivity index (χ2n) is 3.84. The molecular weight excluding hydrogens is 254 g/mol. The maximum absolute atomic E-state index is 11.6. The highest BCUT2D eigenvalue weighted by Crippen LogP contribution is 2.47. The minimum Gasteiger partial charge on any atom is -0.355 e. The SMILES string of the molecule is O=C(NCCBr)C1CC1c1ccccc1. The van der Waals surface area contributed by atoms with Crippen LogP contribution in [0.25, 0.3) is 0 Å². The summed E-state index contributed by atoms with van der Waals surface area (Å²) in [5, 5.41) is 3.73. The number of hydrogen-bond acceptors (Lipinski definition) is 1. The number of nitrogens with one attached hydrogen (secondary N) is 1. The summed E-state index contributed by atoms with van der Waals surface area (Å²) in [4.78, 5) is 11.6. The van der Waals surface area contributed by atoms with Gasteiger partial charge in [0.1, 0.15) is 0 Å². The minimum atomic E-state index is 0.198. The predicted octanol–water partition coefficient (Wildman–Crippen LogP) is 2.30. The Morgan fingerprint density at radius 3 is 2.80 bits per heavy atom. The molecule has 1 aromatic rings. The number of amides is 1. The molecule has 0 heterocycles. The Balaban J connectivity index is 1.88. The molecule has 1 aromatic carbocycles. The van der Waals surface area contributed by atoms with Gasteiger partial charge in [-0.05, 0) is 17.9 Å². The van der Waals surface area contributed by atoms with Crippen LogP contribution in [0.2, 0.25) is 0 Å². The number of rotatable bonds is 4. The first kappa shape index (κ1) is 10.7. The highest BCUT2D eigenvalue weighted by Gasteiger charge is 2.43. The molecular formula is C12H14BrNO. The lowest BCUT2D eigenvalue weighted by Crippen LogP contribution is -2.27. The minimum absolute atomic E-state index is 0.198. The maximum Gasteiger partial charge on any atom is 0.223 e. The summed E-state index contributed by atoms with van der Waals surface area (Å²) in [6.07, 6.45) is 0.998. The molecule has 1 aliphatic rings. The van der Waals surface area contributed by atoms with Gasteiger partial charge in [0.2, 0.25) is 5.91 Å². The van der Waals surface area contributed by atoms with Crippen molar-refractivity contribution in [1.82, 2.24) is 5.32 Å². The van der Waals surface area contributed by atoms with Crippen molar-refractivity contribution in [2.45, 2.75) is 12.3 Å².